The lowest BCUT2D eigenvalue weighted by Crippen LogP contribution is -2.35. The van der Waals surface area contributed by atoms with Crippen molar-refractivity contribution in [3.8, 4) is 0 Å². The zero-order valence-corrected chi connectivity index (χ0v) is 12.0. The Morgan fingerprint density at radius 1 is 1.14 bits per heavy atom. The second-order valence-corrected chi connectivity index (χ2v) is 4.57. The van der Waals surface area contributed by atoms with Crippen LogP contribution in [0.15, 0.2) is 48.5 Å². The topological polar surface area (TPSA) is 68.3 Å². The predicted octanol–water partition coefficient (Wildman–Crippen LogP) is 2.38. The largest absolute Gasteiger partial charge is 0.467 e. The summed E-state index contributed by atoms with van der Waals surface area (Å²) in [4.78, 5) is 27.9. The predicted molar refractivity (Wildman–Crippen MR) is 77.9 cm³/mol. The lowest BCUT2D eigenvalue weighted by molar-refractivity contribution is -0.143. The third kappa shape index (κ3) is 3.79. The number of carbonyl (C=O) groups is 2. The number of carbonyl (C=O) groups excluding carboxylic acids is 2. The monoisotopic (exact) mass is 304 g/mol. The highest BCUT2D eigenvalue weighted by Crippen LogP contribution is 2.15. The molecule has 0 aliphatic heterocycles. The molecule has 1 N–H and O–H groups in total. The second-order valence-electron chi connectivity index (χ2n) is 4.19. The second kappa shape index (κ2) is 6.85. The number of rotatable bonds is 4. The standard InChI is InChI=1S/C15H13ClN2O3/c1-21-15(20)13(10-6-3-2-4-7-10)18-14(19)11-8-5-9-12(16)17-11/h2-9,13H,1H3,(H,18,19). The molecule has 1 unspecified atom stereocenters. The Kier molecular flexibility index (Phi) is 4.90. The maximum atomic E-state index is 12.2. The van der Waals surface area contributed by atoms with Gasteiger partial charge in [-0.2, -0.15) is 0 Å². The molecule has 0 radical (unpaired) electrons. The number of aromatic nitrogens is 1. The van der Waals surface area contributed by atoms with Crippen molar-refractivity contribution in [3.63, 3.8) is 0 Å². The number of pyridine rings is 1. The highest BCUT2D eigenvalue weighted by molar-refractivity contribution is 6.29. The molecule has 2 aromatic rings. The number of halogens is 1. The van der Waals surface area contributed by atoms with Gasteiger partial charge in [-0.3, -0.25) is 4.79 Å². The van der Waals surface area contributed by atoms with Gasteiger partial charge in [-0.15, -0.1) is 0 Å². The molecule has 1 atom stereocenters. The Morgan fingerprint density at radius 3 is 2.48 bits per heavy atom. The Balaban J connectivity index is 2.23. The number of esters is 1. The van der Waals surface area contributed by atoms with Crippen LogP contribution >= 0.6 is 11.6 Å². The van der Waals surface area contributed by atoms with Crippen molar-refractivity contribution in [1.82, 2.24) is 10.3 Å². The molecule has 0 saturated carbocycles. The summed E-state index contributed by atoms with van der Waals surface area (Å²) in [6.07, 6.45) is 0. The SMILES string of the molecule is COC(=O)C(NC(=O)c1cccc(Cl)n1)c1ccccc1. The zero-order chi connectivity index (χ0) is 15.2. The summed E-state index contributed by atoms with van der Waals surface area (Å²) in [6.45, 7) is 0. The van der Waals surface area contributed by atoms with E-state index in [2.05, 4.69) is 10.3 Å². The number of hydrogen-bond acceptors (Lipinski definition) is 4. The Morgan fingerprint density at radius 2 is 1.86 bits per heavy atom. The number of nitrogens with one attached hydrogen (secondary N) is 1. The number of benzene rings is 1. The van der Waals surface area contributed by atoms with Crippen molar-refractivity contribution < 1.29 is 14.3 Å². The average Bonchev–Trinajstić information content (AvgIpc) is 2.52. The van der Waals surface area contributed by atoms with Crippen LogP contribution in [0, 0.1) is 0 Å². The molecule has 108 valence electrons. The van der Waals surface area contributed by atoms with E-state index in [1.807, 2.05) is 6.07 Å². The van der Waals surface area contributed by atoms with Crippen molar-refractivity contribution in [1.29, 1.82) is 0 Å². The molecular weight excluding hydrogens is 292 g/mol. The molecule has 0 aliphatic carbocycles. The summed E-state index contributed by atoms with van der Waals surface area (Å²) in [5.74, 6) is -1.06. The Hall–Kier alpha value is -2.40. The lowest BCUT2D eigenvalue weighted by Gasteiger charge is -2.16. The normalized spacial score (nSPS) is 11.5. The van der Waals surface area contributed by atoms with Crippen LogP contribution < -0.4 is 5.32 Å². The number of ether oxygens (including phenoxy) is 1. The van der Waals surface area contributed by atoms with Gasteiger partial charge in [0, 0.05) is 0 Å². The van der Waals surface area contributed by atoms with Crippen LogP contribution in [-0.2, 0) is 9.53 Å². The van der Waals surface area contributed by atoms with Gasteiger partial charge in [0.25, 0.3) is 5.91 Å². The summed E-state index contributed by atoms with van der Waals surface area (Å²) in [6, 6.07) is 12.6. The molecule has 2 rings (SSSR count). The molecule has 1 aromatic heterocycles. The fourth-order valence-electron chi connectivity index (χ4n) is 1.78. The van der Waals surface area contributed by atoms with E-state index in [4.69, 9.17) is 16.3 Å². The van der Waals surface area contributed by atoms with Crippen LogP contribution in [0.3, 0.4) is 0 Å². The molecule has 5 nitrogen and oxygen atoms in total. The molecule has 1 heterocycles. The molecule has 0 fully saturated rings. The van der Waals surface area contributed by atoms with Crippen molar-refractivity contribution in [3.05, 3.63) is 64.9 Å². The van der Waals surface area contributed by atoms with E-state index in [-0.39, 0.29) is 10.8 Å². The maximum Gasteiger partial charge on any atom is 0.333 e. The first kappa shape index (κ1) is 15.0. The number of nitrogens with zero attached hydrogens (tertiary/aromatic N) is 1. The number of methoxy groups -OCH3 is 1. The minimum Gasteiger partial charge on any atom is -0.467 e. The van der Waals surface area contributed by atoms with Crippen molar-refractivity contribution in [2.24, 2.45) is 0 Å². The van der Waals surface area contributed by atoms with Crippen LogP contribution in [0.4, 0.5) is 0 Å². The highest BCUT2D eigenvalue weighted by atomic mass is 35.5. The molecular formula is C15H13ClN2O3. The third-order valence-electron chi connectivity index (χ3n) is 2.79. The smallest absolute Gasteiger partial charge is 0.333 e. The van der Waals surface area contributed by atoms with Crippen LogP contribution in [0.2, 0.25) is 5.15 Å². The van der Waals surface area contributed by atoms with E-state index in [1.165, 1.54) is 13.2 Å². The summed E-state index contributed by atoms with van der Waals surface area (Å²) < 4.78 is 4.73. The van der Waals surface area contributed by atoms with Crippen LogP contribution in [-0.4, -0.2) is 24.0 Å². The minimum atomic E-state index is -0.899. The quantitative estimate of drug-likeness (QED) is 0.695. The van der Waals surface area contributed by atoms with Gasteiger partial charge in [0.05, 0.1) is 7.11 Å². The maximum absolute atomic E-state index is 12.2. The molecule has 21 heavy (non-hydrogen) atoms. The van der Waals surface area contributed by atoms with Gasteiger partial charge >= 0.3 is 5.97 Å². The molecule has 1 aromatic carbocycles. The van der Waals surface area contributed by atoms with E-state index in [9.17, 15) is 9.59 Å². The van der Waals surface area contributed by atoms with Crippen LogP contribution in [0.25, 0.3) is 0 Å². The lowest BCUT2D eigenvalue weighted by atomic mass is 10.1. The zero-order valence-electron chi connectivity index (χ0n) is 11.2. The Bertz CT molecular complexity index is 646. The highest BCUT2D eigenvalue weighted by Gasteiger charge is 2.24. The summed E-state index contributed by atoms with van der Waals surface area (Å²) >= 11 is 5.75. The molecule has 0 bridgehead atoms. The summed E-state index contributed by atoms with van der Waals surface area (Å²) in [7, 11) is 1.27. The Labute approximate surface area is 126 Å². The van der Waals surface area contributed by atoms with E-state index >= 15 is 0 Å². The van der Waals surface area contributed by atoms with Gasteiger partial charge in [0.1, 0.15) is 10.8 Å². The fourth-order valence-corrected chi connectivity index (χ4v) is 1.95. The van der Waals surface area contributed by atoms with E-state index < -0.39 is 17.9 Å². The number of amides is 1. The molecule has 0 spiro atoms. The van der Waals surface area contributed by atoms with Gasteiger partial charge in [-0.05, 0) is 17.7 Å². The number of hydrogen-bond donors (Lipinski definition) is 1. The summed E-state index contributed by atoms with van der Waals surface area (Å²) in [5, 5.41) is 2.80. The van der Waals surface area contributed by atoms with Crippen molar-refractivity contribution in [2.75, 3.05) is 7.11 Å². The minimum absolute atomic E-state index is 0.132. The first-order chi connectivity index (χ1) is 10.1. The van der Waals surface area contributed by atoms with E-state index in [1.54, 1.807) is 36.4 Å². The van der Waals surface area contributed by atoms with Gasteiger partial charge < -0.3 is 10.1 Å². The van der Waals surface area contributed by atoms with Crippen molar-refractivity contribution >= 4 is 23.5 Å². The average molecular weight is 305 g/mol. The first-order valence-electron chi connectivity index (χ1n) is 6.18. The van der Waals surface area contributed by atoms with Gasteiger partial charge in [0.2, 0.25) is 0 Å². The molecule has 0 saturated heterocycles. The van der Waals surface area contributed by atoms with Crippen LogP contribution in [0.1, 0.15) is 22.1 Å². The first-order valence-corrected chi connectivity index (χ1v) is 6.56. The molecule has 1 amide bonds. The van der Waals surface area contributed by atoms with Gasteiger partial charge in [-0.1, -0.05) is 48.0 Å². The van der Waals surface area contributed by atoms with E-state index in [0.717, 1.165) is 0 Å². The molecule has 0 aliphatic rings. The van der Waals surface area contributed by atoms with Gasteiger partial charge in [-0.25, -0.2) is 9.78 Å². The summed E-state index contributed by atoms with van der Waals surface area (Å²) in [5.41, 5.74) is 0.757. The molecule has 6 heteroatoms. The van der Waals surface area contributed by atoms with Crippen molar-refractivity contribution in [2.45, 2.75) is 6.04 Å². The fraction of sp³-hybridized carbons (Fsp3) is 0.133. The third-order valence-corrected chi connectivity index (χ3v) is 3.00. The van der Waals surface area contributed by atoms with Gasteiger partial charge in [0.15, 0.2) is 6.04 Å². The van der Waals surface area contributed by atoms with E-state index in [0.29, 0.717) is 5.56 Å². The van der Waals surface area contributed by atoms with Crippen LogP contribution in [0.5, 0.6) is 0 Å².